The molecule has 4 saturated carbocycles. The molecule has 67 heavy (non-hydrogen) atoms. The van der Waals surface area contributed by atoms with Crippen molar-refractivity contribution in [2.24, 2.45) is 23.7 Å². The monoisotopic (exact) mass is 859 g/mol. The van der Waals surface area contributed by atoms with Crippen molar-refractivity contribution in [3.05, 3.63) is 246 Å². The molecule has 15 rings (SSSR count). The van der Waals surface area contributed by atoms with E-state index < -0.39 is 5.41 Å². The minimum atomic E-state index is -0.456. The molecule has 1 heterocycles. The smallest absolute Gasteiger partial charge is 0.164 e. The zero-order valence-electron chi connectivity index (χ0n) is 37.4. The molecule has 0 atom stereocenters. The van der Waals surface area contributed by atoms with Gasteiger partial charge in [0.05, 0.1) is 5.41 Å². The first-order chi connectivity index (χ1) is 33.1. The number of fused-ring (bicyclic) bond motifs is 5. The van der Waals surface area contributed by atoms with E-state index in [9.17, 15) is 0 Å². The second-order valence-electron chi connectivity index (χ2n) is 19.9. The Morgan fingerprint density at radius 3 is 1.46 bits per heavy atom. The molecule has 4 fully saturated rings. The van der Waals surface area contributed by atoms with Gasteiger partial charge in [-0.1, -0.05) is 200 Å². The lowest BCUT2D eigenvalue weighted by atomic mass is 9.38. The van der Waals surface area contributed by atoms with E-state index >= 15 is 0 Å². The van der Waals surface area contributed by atoms with Crippen LogP contribution < -0.4 is 0 Å². The summed E-state index contributed by atoms with van der Waals surface area (Å²) in [6, 6.07) is 78.7. The van der Waals surface area contributed by atoms with Gasteiger partial charge in [-0.25, -0.2) is 15.0 Å². The molecular weight excluding hydrogens is 811 g/mol. The van der Waals surface area contributed by atoms with Gasteiger partial charge >= 0.3 is 0 Å². The molecule has 1 aromatic heterocycles. The maximum atomic E-state index is 5.20. The summed E-state index contributed by atoms with van der Waals surface area (Å²) in [5, 5.41) is 4.87. The quantitative estimate of drug-likeness (QED) is 0.156. The van der Waals surface area contributed by atoms with E-state index in [-0.39, 0.29) is 5.41 Å². The lowest BCUT2D eigenvalue weighted by Crippen LogP contribution is -2.59. The second-order valence-corrected chi connectivity index (χ2v) is 19.9. The maximum absolute atomic E-state index is 5.20. The van der Waals surface area contributed by atoms with Crippen molar-refractivity contribution < 1.29 is 0 Å². The standard InChI is InChI=1S/C64H49N3/c1-4-15-45(16-5-1)60-65-61(67-62(66-60)49-30-32-55-48(39-49)29-26-44-14-10-11-21-54(44)55)46-27-24-43(25-28-46)47-31-33-58-59(40-47)64(52-35-41-34-42(37-52)38-53(64)36-41)57-23-13-12-22-56(57)63(58,50-17-6-2-7-18-50)51-19-8-3-9-20-51/h1-33,39-42,52-53H,34-38H2. The van der Waals surface area contributed by atoms with Crippen LogP contribution in [-0.2, 0) is 10.8 Å². The van der Waals surface area contributed by atoms with Crippen LogP contribution in [-0.4, -0.2) is 15.0 Å². The van der Waals surface area contributed by atoms with E-state index in [0.717, 1.165) is 33.9 Å². The SMILES string of the molecule is c1ccc(-c2nc(-c3ccc(-c4ccc5c(c4)C4(c6ccccc6C5(c5ccccc5)c5ccccc5)C5CC6CC(C5)CC4C6)cc3)nc(-c3ccc4c(ccc5ccccc54)c3)n2)cc1. The Morgan fingerprint density at radius 1 is 0.313 bits per heavy atom. The zero-order valence-corrected chi connectivity index (χ0v) is 37.4. The van der Waals surface area contributed by atoms with Crippen molar-refractivity contribution in [3.8, 4) is 45.3 Å². The summed E-state index contributed by atoms with van der Waals surface area (Å²) in [6.45, 7) is 0. The van der Waals surface area contributed by atoms with Crippen LogP contribution in [0.4, 0.5) is 0 Å². The van der Waals surface area contributed by atoms with Crippen LogP contribution in [0.3, 0.4) is 0 Å². The average Bonchev–Trinajstić information content (AvgIpc) is 3.40. The molecule has 0 saturated heterocycles. The van der Waals surface area contributed by atoms with Crippen molar-refractivity contribution in [3.63, 3.8) is 0 Å². The molecule has 0 unspecified atom stereocenters. The molecular formula is C64H49N3. The van der Waals surface area contributed by atoms with Gasteiger partial charge in [-0.05, 0) is 134 Å². The summed E-state index contributed by atoms with van der Waals surface area (Å²) in [7, 11) is 0. The molecule has 1 spiro atoms. The predicted molar refractivity (Wildman–Crippen MR) is 273 cm³/mol. The highest BCUT2D eigenvalue weighted by Gasteiger charge is 2.63. The topological polar surface area (TPSA) is 38.7 Å². The highest BCUT2D eigenvalue weighted by Crippen LogP contribution is 2.70. The molecule has 320 valence electrons. The summed E-state index contributed by atoms with van der Waals surface area (Å²) in [5.74, 6) is 4.97. The van der Waals surface area contributed by atoms with Crippen molar-refractivity contribution in [1.82, 2.24) is 15.0 Å². The van der Waals surface area contributed by atoms with Gasteiger partial charge < -0.3 is 0 Å². The number of aromatic nitrogens is 3. The van der Waals surface area contributed by atoms with Gasteiger partial charge in [0.1, 0.15) is 0 Å². The van der Waals surface area contributed by atoms with Gasteiger partial charge in [-0.2, -0.15) is 0 Å². The molecule has 3 nitrogen and oxygen atoms in total. The van der Waals surface area contributed by atoms with Gasteiger partial charge in [0.15, 0.2) is 17.5 Å². The van der Waals surface area contributed by atoms with Gasteiger partial charge in [0.2, 0.25) is 0 Å². The van der Waals surface area contributed by atoms with Gasteiger partial charge in [-0.15, -0.1) is 0 Å². The van der Waals surface area contributed by atoms with E-state index in [1.165, 1.54) is 81.6 Å². The lowest BCUT2D eigenvalue weighted by Gasteiger charge is -2.65. The maximum Gasteiger partial charge on any atom is 0.164 e. The first-order valence-electron chi connectivity index (χ1n) is 24.3. The third-order valence-electron chi connectivity index (χ3n) is 16.6. The number of benzene rings is 9. The fourth-order valence-electron chi connectivity index (χ4n) is 14.1. The van der Waals surface area contributed by atoms with Crippen molar-refractivity contribution in [2.45, 2.75) is 42.9 Å². The third-order valence-corrected chi connectivity index (χ3v) is 16.6. The molecule has 0 aliphatic heterocycles. The fraction of sp³-hybridized carbons (Fsp3) is 0.172. The number of rotatable bonds is 6. The predicted octanol–water partition coefficient (Wildman–Crippen LogP) is 15.3. The molecule has 5 aliphatic carbocycles. The van der Waals surface area contributed by atoms with Crippen LogP contribution >= 0.6 is 0 Å². The Bertz CT molecular complexity index is 3460. The van der Waals surface area contributed by atoms with Crippen molar-refractivity contribution >= 4 is 21.5 Å². The van der Waals surface area contributed by atoms with E-state index in [2.05, 4.69) is 194 Å². The summed E-state index contributed by atoms with van der Waals surface area (Å²) >= 11 is 0. The Labute approximate surface area is 392 Å². The molecule has 0 amide bonds. The lowest BCUT2D eigenvalue weighted by molar-refractivity contribution is -0.0440. The van der Waals surface area contributed by atoms with E-state index in [1.54, 1.807) is 11.1 Å². The first kappa shape index (κ1) is 38.7. The Kier molecular flexibility index (Phi) is 8.69. The first-order valence-corrected chi connectivity index (χ1v) is 24.3. The molecule has 0 radical (unpaired) electrons. The number of hydrogen-bond acceptors (Lipinski definition) is 3. The number of nitrogens with zero attached hydrogens (tertiary/aromatic N) is 3. The largest absolute Gasteiger partial charge is 0.208 e. The minimum absolute atomic E-state index is 0.0344. The van der Waals surface area contributed by atoms with Gasteiger partial charge in [0, 0.05) is 22.1 Å². The highest BCUT2D eigenvalue weighted by molar-refractivity contribution is 6.08. The average molecular weight is 860 g/mol. The van der Waals surface area contributed by atoms with Crippen LogP contribution in [0.5, 0.6) is 0 Å². The molecule has 0 N–H and O–H groups in total. The summed E-state index contributed by atoms with van der Waals surface area (Å²) in [6.07, 6.45) is 6.75. The van der Waals surface area contributed by atoms with Crippen LogP contribution in [0.2, 0.25) is 0 Å². The fourth-order valence-corrected chi connectivity index (χ4v) is 14.1. The Balaban J connectivity index is 0.925. The third kappa shape index (κ3) is 5.80. The summed E-state index contributed by atoms with van der Waals surface area (Å²) in [4.78, 5) is 15.4. The number of hydrogen-bond donors (Lipinski definition) is 0. The van der Waals surface area contributed by atoms with Crippen LogP contribution in [0, 0.1) is 23.7 Å². The second kappa shape index (κ2) is 15.0. The molecule has 10 aromatic rings. The molecule has 5 aliphatic rings. The van der Waals surface area contributed by atoms with Gasteiger partial charge in [-0.3, -0.25) is 0 Å². The van der Waals surface area contributed by atoms with Crippen molar-refractivity contribution in [2.75, 3.05) is 0 Å². The van der Waals surface area contributed by atoms with Crippen LogP contribution in [0.1, 0.15) is 65.5 Å². The van der Waals surface area contributed by atoms with Crippen LogP contribution in [0.15, 0.2) is 212 Å². The Hall–Kier alpha value is -7.49. The molecule has 9 aromatic carbocycles. The van der Waals surface area contributed by atoms with E-state index in [4.69, 9.17) is 15.0 Å². The minimum Gasteiger partial charge on any atom is -0.208 e. The normalized spacial score (nSPS) is 21.9. The van der Waals surface area contributed by atoms with Gasteiger partial charge in [0.25, 0.3) is 0 Å². The highest BCUT2D eigenvalue weighted by atomic mass is 15.0. The van der Waals surface area contributed by atoms with Crippen molar-refractivity contribution in [1.29, 1.82) is 0 Å². The summed E-state index contributed by atoms with van der Waals surface area (Å²) in [5.41, 5.74) is 13.6. The van der Waals surface area contributed by atoms with E-state index in [0.29, 0.717) is 29.3 Å². The van der Waals surface area contributed by atoms with Crippen LogP contribution in [0.25, 0.3) is 66.8 Å². The molecule has 3 heteroatoms. The molecule has 4 bridgehead atoms. The Morgan fingerprint density at radius 2 is 0.791 bits per heavy atom. The summed E-state index contributed by atoms with van der Waals surface area (Å²) < 4.78 is 0. The zero-order chi connectivity index (χ0) is 44.1. The van der Waals surface area contributed by atoms with E-state index in [1.807, 2.05) is 18.2 Å².